The number of hydrogen-bond donors (Lipinski definition) is 0. The molecule has 0 bridgehead atoms. The highest BCUT2D eigenvalue weighted by molar-refractivity contribution is 7.25. The molecule has 0 aliphatic carbocycles. The van der Waals surface area contributed by atoms with Crippen molar-refractivity contribution in [2.75, 3.05) is 0 Å². The summed E-state index contributed by atoms with van der Waals surface area (Å²) in [4.78, 5) is 10.7. The molecular weight excluding hydrogens is 713 g/mol. The number of thiophene rings is 1. The SMILES string of the molecule is c1ccc(-c2ccc3sc4ccc(-c5cc6c7c8ccccc8ccc7n(-c7nc8ccccc8c8nc9ccccc9n78)c6c6ccccc56)cc4c3c2)cc1. The van der Waals surface area contributed by atoms with E-state index in [2.05, 4.69) is 191 Å². The highest BCUT2D eigenvalue weighted by Crippen LogP contribution is 2.45. The predicted octanol–water partition coefficient (Wildman–Crippen LogP) is 14.1. The largest absolute Gasteiger partial charge is 0.278 e. The Morgan fingerprint density at radius 3 is 1.91 bits per heavy atom. The molecule has 4 nitrogen and oxygen atoms in total. The number of rotatable bonds is 3. The molecule has 57 heavy (non-hydrogen) atoms. The molecule has 0 saturated carbocycles. The zero-order chi connectivity index (χ0) is 37.2. The van der Waals surface area contributed by atoms with Crippen LogP contribution in [0.3, 0.4) is 0 Å². The molecule has 9 aromatic carbocycles. The van der Waals surface area contributed by atoms with E-state index in [1.54, 1.807) is 0 Å². The molecule has 0 unspecified atom stereocenters. The van der Waals surface area contributed by atoms with Crippen molar-refractivity contribution in [3.63, 3.8) is 0 Å². The van der Waals surface area contributed by atoms with Crippen LogP contribution in [0, 0.1) is 0 Å². The highest BCUT2D eigenvalue weighted by atomic mass is 32.1. The van der Waals surface area contributed by atoms with Crippen LogP contribution in [0.4, 0.5) is 0 Å². The van der Waals surface area contributed by atoms with E-state index in [0.29, 0.717) is 0 Å². The van der Waals surface area contributed by atoms with Gasteiger partial charge >= 0.3 is 0 Å². The van der Waals surface area contributed by atoms with Crippen LogP contribution in [0.1, 0.15) is 0 Å². The molecule has 0 aliphatic rings. The zero-order valence-corrected chi connectivity index (χ0v) is 31.3. The first kappa shape index (κ1) is 30.9. The Hall–Kier alpha value is -7.34. The van der Waals surface area contributed by atoms with Gasteiger partial charge in [-0.2, -0.15) is 0 Å². The Labute approximate surface area is 330 Å². The first-order valence-electron chi connectivity index (χ1n) is 19.3. The number of hydrogen-bond acceptors (Lipinski definition) is 3. The first-order valence-corrected chi connectivity index (χ1v) is 20.1. The van der Waals surface area contributed by atoms with E-state index in [-0.39, 0.29) is 0 Å². The molecule has 13 rings (SSSR count). The molecule has 0 atom stereocenters. The monoisotopic (exact) mass is 742 g/mol. The molecule has 0 fully saturated rings. The fourth-order valence-electron chi connectivity index (χ4n) is 9.32. The smallest absolute Gasteiger partial charge is 0.221 e. The van der Waals surface area contributed by atoms with Crippen LogP contribution in [0.15, 0.2) is 182 Å². The van der Waals surface area contributed by atoms with Crippen molar-refractivity contribution in [2.45, 2.75) is 0 Å². The van der Waals surface area contributed by atoms with Gasteiger partial charge in [0.25, 0.3) is 0 Å². The van der Waals surface area contributed by atoms with Gasteiger partial charge in [-0.1, -0.05) is 121 Å². The Bertz CT molecular complexity index is 3810. The summed E-state index contributed by atoms with van der Waals surface area (Å²) in [5, 5.41) is 10.9. The second-order valence-electron chi connectivity index (χ2n) is 15.0. The molecule has 13 aromatic rings. The van der Waals surface area contributed by atoms with Gasteiger partial charge in [-0.3, -0.25) is 8.97 Å². The number of nitrogens with zero attached hydrogens (tertiary/aromatic N) is 4. The van der Waals surface area contributed by atoms with Gasteiger partial charge in [-0.25, -0.2) is 9.97 Å². The van der Waals surface area contributed by atoms with Crippen molar-refractivity contribution in [1.82, 2.24) is 18.9 Å². The molecule has 5 heteroatoms. The van der Waals surface area contributed by atoms with E-state index >= 15 is 0 Å². The van der Waals surface area contributed by atoms with Gasteiger partial charge in [-0.05, 0) is 99.1 Å². The summed E-state index contributed by atoms with van der Waals surface area (Å²) in [5.74, 6) is 0.825. The predicted molar refractivity (Wildman–Crippen MR) is 241 cm³/mol. The van der Waals surface area contributed by atoms with Crippen LogP contribution in [-0.4, -0.2) is 18.9 Å². The molecule has 0 aliphatic heterocycles. The van der Waals surface area contributed by atoms with E-state index in [4.69, 9.17) is 9.97 Å². The van der Waals surface area contributed by atoms with Crippen LogP contribution in [0.5, 0.6) is 0 Å². The molecule has 4 aromatic heterocycles. The van der Waals surface area contributed by atoms with Crippen LogP contribution in [0.2, 0.25) is 0 Å². The lowest BCUT2D eigenvalue weighted by atomic mass is 9.93. The average Bonchev–Trinajstić information content (AvgIpc) is 3.96. The maximum absolute atomic E-state index is 5.51. The molecule has 264 valence electrons. The average molecular weight is 743 g/mol. The van der Waals surface area contributed by atoms with Crippen molar-refractivity contribution >= 4 is 102 Å². The number of para-hydroxylation sites is 3. The van der Waals surface area contributed by atoms with Crippen molar-refractivity contribution in [3.8, 4) is 28.2 Å². The minimum absolute atomic E-state index is 0.825. The van der Waals surface area contributed by atoms with E-state index in [1.807, 2.05) is 11.3 Å². The summed E-state index contributed by atoms with van der Waals surface area (Å²) in [5.41, 5.74) is 10.9. The Morgan fingerprint density at radius 2 is 1.07 bits per heavy atom. The summed E-state index contributed by atoms with van der Waals surface area (Å²) >= 11 is 1.87. The summed E-state index contributed by atoms with van der Waals surface area (Å²) in [6.07, 6.45) is 0. The van der Waals surface area contributed by atoms with Crippen molar-refractivity contribution in [3.05, 3.63) is 182 Å². The van der Waals surface area contributed by atoms with Gasteiger partial charge in [0.15, 0.2) is 0 Å². The maximum Gasteiger partial charge on any atom is 0.221 e. The molecule has 4 heterocycles. The van der Waals surface area contributed by atoms with Crippen LogP contribution in [0.25, 0.3) is 119 Å². The van der Waals surface area contributed by atoms with Gasteiger partial charge in [0.1, 0.15) is 5.65 Å². The van der Waals surface area contributed by atoms with E-state index in [1.165, 1.54) is 74.7 Å². The zero-order valence-electron chi connectivity index (χ0n) is 30.5. The third-order valence-electron chi connectivity index (χ3n) is 11.9. The maximum atomic E-state index is 5.51. The molecule has 0 saturated heterocycles. The fourth-order valence-corrected chi connectivity index (χ4v) is 10.4. The lowest BCUT2D eigenvalue weighted by Crippen LogP contribution is -2.06. The van der Waals surface area contributed by atoms with Crippen LogP contribution in [-0.2, 0) is 0 Å². The molecule has 0 N–H and O–H groups in total. The lowest BCUT2D eigenvalue weighted by molar-refractivity contribution is 0.982. The van der Waals surface area contributed by atoms with E-state index < -0.39 is 0 Å². The van der Waals surface area contributed by atoms with Gasteiger partial charge in [0.2, 0.25) is 5.95 Å². The topological polar surface area (TPSA) is 35.1 Å². The highest BCUT2D eigenvalue weighted by Gasteiger charge is 2.24. The molecule has 0 spiro atoms. The van der Waals surface area contributed by atoms with Gasteiger partial charge in [-0.15, -0.1) is 11.3 Å². The Kier molecular flexibility index (Phi) is 6.29. The summed E-state index contributed by atoms with van der Waals surface area (Å²) < 4.78 is 7.26. The van der Waals surface area contributed by atoms with E-state index in [0.717, 1.165) is 44.6 Å². The summed E-state index contributed by atoms with van der Waals surface area (Å²) in [6.45, 7) is 0. The van der Waals surface area contributed by atoms with Gasteiger partial charge in [0, 0.05) is 41.7 Å². The normalized spacial score (nSPS) is 12.2. The first-order chi connectivity index (χ1) is 28.3. The van der Waals surface area contributed by atoms with Gasteiger partial charge < -0.3 is 0 Å². The third kappa shape index (κ3) is 4.37. The standard InChI is InChI=1S/C52H30N4S/c1-2-12-31(13-3-1)33-23-26-47-40(28-33)41-29-34(24-27-48(41)57-47)39-30-42-49-35-15-5-4-14-32(35)22-25-46(49)55(50(42)37-17-7-6-16-36(37)39)52-54-43-19-9-8-18-38(43)51-53-44-20-10-11-21-45(44)56(51)52/h1-30H. The number of fused-ring (bicyclic) bond motifs is 15. The van der Waals surface area contributed by atoms with Crippen molar-refractivity contribution in [1.29, 1.82) is 0 Å². The second-order valence-corrected chi connectivity index (χ2v) is 16.0. The number of imidazole rings is 1. The molecule has 0 amide bonds. The summed E-state index contributed by atoms with van der Waals surface area (Å²) in [6, 6.07) is 66.0. The van der Waals surface area contributed by atoms with Crippen molar-refractivity contribution in [2.24, 2.45) is 0 Å². The van der Waals surface area contributed by atoms with Crippen LogP contribution < -0.4 is 0 Å². The minimum Gasteiger partial charge on any atom is -0.278 e. The lowest BCUT2D eigenvalue weighted by Gasteiger charge is -2.15. The summed E-state index contributed by atoms with van der Waals surface area (Å²) in [7, 11) is 0. The molecule has 0 radical (unpaired) electrons. The minimum atomic E-state index is 0.825. The Morgan fingerprint density at radius 1 is 0.404 bits per heavy atom. The Balaban J connectivity index is 1.17. The van der Waals surface area contributed by atoms with E-state index in [9.17, 15) is 0 Å². The fraction of sp³-hybridized carbons (Fsp3) is 0. The van der Waals surface area contributed by atoms with Crippen molar-refractivity contribution < 1.29 is 0 Å². The molecular formula is C52H30N4S. The number of aromatic nitrogens is 4. The quantitative estimate of drug-likeness (QED) is 0.181. The second kappa shape index (κ2) is 11.6. The number of benzene rings is 9. The third-order valence-corrected chi connectivity index (χ3v) is 13.0. The van der Waals surface area contributed by atoms with Gasteiger partial charge in [0.05, 0.1) is 27.6 Å². The van der Waals surface area contributed by atoms with Crippen LogP contribution >= 0.6 is 11.3 Å².